The van der Waals surface area contributed by atoms with Gasteiger partial charge in [-0.15, -0.1) is 11.8 Å². The lowest BCUT2D eigenvalue weighted by atomic mass is 10.4. The largest absolute Gasteiger partial charge is 0.468 e. The van der Waals surface area contributed by atoms with Crippen molar-refractivity contribution in [2.75, 3.05) is 25.2 Å². The molecule has 0 bridgehead atoms. The molecule has 0 aromatic rings. The number of amides is 1. The summed E-state index contributed by atoms with van der Waals surface area (Å²) < 4.78 is 4.44. The van der Waals surface area contributed by atoms with Crippen LogP contribution in [0.2, 0.25) is 0 Å². The molecule has 0 spiro atoms. The van der Waals surface area contributed by atoms with Crippen molar-refractivity contribution in [1.29, 1.82) is 0 Å². The normalized spacial score (nSPS) is 11.9. The second kappa shape index (κ2) is 7.64. The highest BCUT2D eigenvalue weighted by Crippen LogP contribution is 2.02. The fourth-order valence-corrected chi connectivity index (χ4v) is 1.54. The Labute approximate surface area is 87.7 Å². The molecule has 3 N–H and O–H groups in total. The number of ether oxygens (including phenoxy) is 1. The number of hydrogen-bond donors (Lipinski definition) is 2. The van der Waals surface area contributed by atoms with Gasteiger partial charge in [0.05, 0.1) is 12.9 Å². The van der Waals surface area contributed by atoms with E-state index in [0.717, 1.165) is 0 Å². The lowest BCUT2D eigenvalue weighted by molar-refractivity contribution is -0.141. The van der Waals surface area contributed by atoms with E-state index in [9.17, 15) is 9.59 Å². The molecule has 1 atom stereocenters. The maximum atomic E-state index is 11.0. The zero-order valence-electron chi connectivity index (χ0n) is 8.41. The summed E-state index contributed by atoms with van der Waals surface area (Å²) in [5.74, 6) is 0.213. The highest BCUT2D eigenvalue weighted by atomic mass is 32.2. The lowest BCUT2D eigenvalue weighted by Crippen LogP contribution is -2.34. The molecular weight excluding hydrogens is 204 g/mol. The Morgan fingerprint density at radius 2 is 2.21 bits per heavy atom. The van der Waals surface area contributed by atoms with Crippen molar-refractivity contribution < 1.29 is 14.3 Å². The van der Waals surface area contributed by atoms with Crippen LogP contribution < -0.4 is 11.1 Å². The molecule has 0 fully saturated rings. The fourth-order valence-electron chi connectivity index (χ4n) is 0.746. The van der Waals surface area contributed by atoms with E-state index < -0.39 is 12.0 Å². The number of thioether (sulfide) groups is 1. The number of carbonyl (C=O) groups is 2. The zero-order valence-corrected chi connectivity index (χ0v) is 9.23. The SMILES string of the molecule is CCNC(=O)CSCC(N)C(=O)OC. The number of methoxy groups -OCH3 is 1. The van der Waals surface area contributed by atoms with E-state index in [2.05, 4.69) is 10.1 Å². The van der Waals surface area contributed by atoms with Gasteiger partial charge in [-0.25, -0.2) is 0 Å². The maximum absolute atomic E-state index is 11.0. The highest BCUT2D eigenvalue weighted by Gasteiger charge is 2.13. The molecule has 0 heterocycles. The Hall–Kier alpha value is -0.750. The first-order chi connectivity index (χ1) is 6.61. The van der Waals surface area contributed by atoms with Gasteiger partial charge < -0.3 is 15.8 Å². The Bertz CT molecular complexity index is 199. The predicted molar refractivity (Wildman–Crippen MR) is 56.0 cm³/mol. The summed E-state index contributed by atoms with van der Waals surface area (Å²) in [6.45, 7) is 2.46. The van der Waals surface area contributed by atoms with E-state index in [1.807, 2.05) is 6.92 Å². The van der Waals surface area contributed by atoms with E-state index in [-0.39, 0.29) is 5.91 Å². The van der Waals surface area contributed by atoms with Gasteiger partial charge in [0.15, 0.2) is 0 Å². The Morgan fingerprint density at radius 1 is 1.57 bits per heavy atom. The van der Waals surface area contributed by atoms with Gasteiger partial charge in [-0.3, -0.25) is 9.59 Å². The minimum absolute atomic E-state index is 0.0467. The molecule has 0 aliphatic rings. The highest BCUT2D eigenvalue weighted by molar-refractivity contribution is 8.00. The number of carbonyl (C=O) groups excluding carboxylic acids is 2. The van der Waals surface area contributed by atoms with Crippen LogP contribution in [-0.4, -0.2) is 43.1 Å². The molecule has 1 amide bonds. The van der Waals surface area contributed by atoms with Gasteiger partial charge in [0, 0.05) is 12.3 Å². The maximum Gasteiger partial charge on any atom is 0.323 e. The molecule has 5 nitrogen and oxygen atoms in total. The van der Waals surface area contributed by atoms with Crippen molar-refractivity contribution >= 4 is 23.6 Å². The van der Waals surface area contributed by atoms with Crippen LogP contribution in [0.3, 0.4) is 0 Å². The molecule has 0 radical (unpaired) electrons. The van der Waals surface area contributed by atoms with Crippen LogP contribution in [0.5, 0.6) is 0 Å². The number of esters is 1. The van der Waals surface area contributed by atoms with Gasteiger partial charge in [0.25, 0.3) is 0 Å². The molecule has 0 saturated carbocycles. The summed E-state index contributed by atoms with van der Waals surface area (Å²) in [4.78, 5) is 21.8. The van der Waals surface area contributed by atoms with Crippen molar-refractivity contribution in [3.63, 3.8) is 0 Å². The van der Waals surface area contributed by atoms with E-state index in [0.29, 0.717) is 18.1 Å². The third-order valence-corrected chi connectivity index (χ3v) is 2.47. The van der Waals surface area contributed by atoms with Gasteiger partial charge >= 0.3 is 5.97 Å². The summed E-state index contributed by atoms with van der Waals surface area (Å²) in [5.41, 5.74) is 5.46. The summed E-state index contributed by atoms with van der Waals surface area (Å²) in [6.07, 6.45) is 0. The molecule has 0 aliphatic carbocycles. The second-order valence-electron chi connectivity index (χ2n) is 2.60. The van der Waals surface area contributed by atoms with Crippen LogP contribution in [0.15, 0.2) is 0 Å². The summed E-state index contributed by atoms with van der Waals surface area (Å²) in [7, 11) is 1.29. The average molecular weight is 220 g/mol. The standard InChI is InChI=1S/C8H16N2O3S/c1-3-10-7(11)5-14-4-6(9)8(12)13-2/h6H,3-5,9H2,1-2H3,(H,10,11). The molecule has 0 aliphatic heterocycles. The van der Waals surface area contributed by atoms with Crippen molar-refractivity contribution in [3.05, 3.63) is 0 Å². The molecule has 6 heteroatoms. The van der Waals surface area contributed by atoms with Crippen LogP contribution >= 0.6 is 11.8 Å². The van der Waals surface area contributed by atoms with E-state index in [1.54, 1.807) is 0 Å². The molecule has 0 aromatic carbocycles. The fraction of sp³-hybridized carbons (Fsp3) is 0.750. The lowest BCUT2D eigenvalue weighted by Gasteiger charge is -2.08. The van der Waals surface area contributed by atoms with Crippen LogP contribution in [0.4, 0.5) is 0 Å². The van der Waals surface area contributed by atoms with E-state index in [1.165, 1.54) is 18.9 Å². The smallest absolute Gasteiger partial charge is 0.323 e. The van der Waals surface area contributed by atoms with Crippen LogP contribution in [0.25, 0.3) is 0 Å². The average Bonchev–Trinajstić information content (AvgIpc) is 2.16. The topological polar surface area (TPSA) is 81.4 Å². The van der Waals surface area contributed by atoms with Gasteiger partial charge in [0.2, 0.25) is 5.91 Å². The van der Waals surface area contributed by atoms with Crippen molar-refractivity contribution in [3.8, 4) is 0 Å². The quantitative estimate of drug-likeness (QED) is 0.582. The minimum atomic E-state index is -0.653. The third kappa shape index (κ3) is 5.82. The minimum Gasteiger partial charge on any atom is -0.468 e. The predicted octanol–water partition coefficient (Wildman–Crippen LogP) is -0.644. The van der Waals surface area contributed by atoms with E-state index >= 15 is 0 Å². The first-order valence-electron chi connectivity index (χ1n) is 4.29. The van der Waals surface area contributed by atoms with Crippen LogP contribution in [-0.2, 0) is 14.3 Å². The van der Waals surface area contributed by atoms with Crippen LogP contribution in [0, 0.1) is 0 Å². The third-order valence-electron chi connectivity index (χ3n) is 1.41. The van der Waals surface area contributed by atoms with E-state index in [4.69, 9.17) is 5.73 Å². The first kappa shape index (κ1) is 13.2. The summed E-state index contributed by atoms with van der Waals surface area (Å²) >= 11 is 1.32. The Balaban J connectivity index is 3.53. The monoisotopic (exact) mass is 220 g/mol. The van der Waals surface area contributed by atoms with Gasteiger partial charge in [0.1, 0.15) is 6.04 Å². The van der Waals surface area contributed by atoms with Crippen molar-refractivity contribution in [1.82, 2.24) is 5.32 Å². The van der Waals surface area contributed by atoms with Gasteiger partial charge in [-0.2, -0.15) is 0 Å². The molecule has 14 heavy (non-hydrogen) atoms. The summed E-state index contributed by atoms with van der Waals surface area (Å²) in [6, 6.07) is -0.653. The molecule has 82 valence electrons. The molecule has 0 aromatic heterocycles. The van der Waals surface area contributed by atoms with Crippen LogP contribution in [0.1, 0.15) is 6.92 Å². The second-order valence-corrected chi connectivity index (χ2v) is 3.63. The zero-order chi connectivity index (χ0) is 11.0. The first-order valence-corrected chi connectivity index (χ1v) is 5.45. The number of nitrogens with two attached hydrogens (primary N) is 1. The number of nitrogens with one attached hydrogen (secondary N) is 1. The van der Waals surface area contributed by atoms with Gasteiger partial charge in [-0.1, -0.05) is 0 Å². The number of hydrogen-bond acceptors (Lipinski definition) is 5. The molecule has 0 rings (SSSR count). The van der Waals surface area contributed by atoms with Gasteiger partial charge in [-0.05, 0) is 6.92 Å². The number of rotatable bonds is 6. The molecular formula is C8H16N2O3S. The summed E-state index contributed by atoms with van der Waals surface area (Å²) in [5, 5.41) is 2.65. The Morgan fingerprint density at radius 3 is 2.71 bits per heavy atom. The molecule has 1 unspecified atom stereocenters. The molecule has 0 saturated heterocycles. The Kier molecular flexibility index (Phi) is 7.23. The van der Waals surface area contributed by atoms with Crippen molar-refractivity contribution in [2.24, 2.45) is 5.73 Å². The van der Waals surface area contributed by atoms with Crippen molar-refractivity contribution in [2.45, 2.75) is 13.0 Å².